The molecular formula is C82H159NO11. The molecule has 0 aromatic rings. The number of nitrogens with zero attached hydrogens (tertiary/aromatic N) is 1. The molecule has 0 saturated heterocycles. The Kier molecular flexibility index (Phi) is 78.3. The number of rotatable bonds is 47. The Morgan fingerprint density at radius 2 is 0.777 bits per heavy atom. The van der Waals surface area contributed by atoms with Crippen LogP contribution in [0.1, 0.15) is 390 Å². The van der Waals surface area contributed by atoms with Crippen LogP contribution in [0, 0.1) is 35.5 Å². The number of carbonyl (C=O) groups is 5. The summed E-state index contributed by atoms with van der Waals surface area (Å²) in [5, 5.41) is 9.20. The van der Waals surface area contributed by atoms with Gasteiger partial charge in [0.1, 0.15) is 5.78 Å². The molecule has 12 nitrogen and oxygen atoms in total. The van der Waals surface area contributed by atoms with Crippen LogP contribution in [0.5, 0.6) is 0 Å². The van der Waals surface area contributed by atoms with Crippen LogP contribution in [0.25, 0.3) is 0 Å². The van der Waals surface area contributed by atoms with Gasteiger partial charge in [-0.25, -0.2) is 0 Å². The van der Waals surface area contributed by atoms with Gasteiger partial charge in [0.05, 0.1) is 45.2 Å². The lowest BCUT2D eigenvalue weighted by Gasteiger charge is -2.22. The highest BCUT2D eigenvalue weighted by atomic mass is 16.6. The first-order chi connectivity index (χ1) is 45.8. The topological polar surface area (TPSA) is 155 Å². The summed E-state index contributed by atoms with van der Waals surface area (Å²) < 4.78 is 26.3. The van der Waals surface area contributed by atoms with Crippen molar-refractivity contribution in [2.24, 2.45) is 35.5 Å². The van der Waals surface area contributed by atoms with Crippen LogP contribution in [0.3, 0.4) is 0 Å². The van der Waals surface area contributed by atoms with Gasteiger partial charge >= 0.3 is 17.9 Å². The van der Waals surface area contributed by atoms with Crippen LogP contribution < -0.4 is 0 Å². The van der Waals surface area contributed by atoms with Crippen LogP contribution in [0.2, 0.25) is 0 Å². The number of esters is 3. The highest BCUT2D eigenvalue weighted by Gasteiger charge is 2.24. The number of hydrogen-bond donors (Lipinski definition) is 1. The zero-order chi connectivity index (χ0) is 70.0. The number of carbonyl (C=O) groups excluding carboxylic acids is 5. The van der Waals surface area contributed by atoms with Gasteiger partial charge in [-0.15, -0.1) is 0 Å². The molecule has 0 bridgehead atoms. The zero-order valence-electron chi connectivity index (χ0n) is 64.0. The maximum Gasteiger partial charge on any atom is 0.308 e. The Balaban J connectivity index is -0.00000141. The summed E-state index contributed by atoms with van der Waals surface area (Å²) in [5.74, 6) is 2.92. The normalized spacial score (nSPS) is 15.7. The minimum Gasteiger partial charge on any atom is -0.502 e. The number of aliphatic hydroxyl groups excluding tert-OH is 1. The van der Waals surface area contributed by atoms with Gasteiger partial charge < -0.3 is 38.5 Å². The fourth-order valence-corrected chi connectivity index (χ4v) is 12.6. The van der Waals surface area contributed by atoms with Gasteiger partial charge in [-0.1, -0.05) is 293 Å². The lowest BCUT2D eigenvalue weighted by Crippen LogP contribution is -2.27. The first-order valence-electron chi connectivity index (χ1n) is 40.3. The van der Waals surface area contributed by atoms with Crippen molar-refractivity contribution in [2.45, 2.75) is 390 Å². The van der Waals surface area contributed by atoms with E-state index in [9.17, 15) is 29.1 Å². The maximum atomic E-state index is 12.3. The smallest absolute Gasteiger partial charge is 0.308 e. The largest absolute Gasteiger partial charge is 0.502 e. The molecule has 1 N–H and O–H groups in total. The summed E-state index contributed by atoms with van der Waals surface area (Å²) in [6.07, 6.45) is 63.5. The molecule has 0 radical (unpaired) electrons. The van der Waals surface area contributed by atoms with E-state index in [0.29, 0.717) is 39.1 Å². The third-order valence-corrected chi connectivity index (χ3v) is 19.0. The quantitative estimate of drug-likeness (QED) is 0.0203. The molecule has 2 unspecified atom stereocenters. The van der Waals surface area contributed by atoms with Crippen molar-refractivity contribution in [2.75, 3.05) is 59.3 Å². The summed E-state index contributed by atoms with van der Waals surface area (Å²) in [7, 11) is 0. The van der Waals surface area contributed by atoms with Gasteiger partial charge in [-0.05, 0) is 128 Å². The summed E-state index contributed by atoms with van der Waals surface area (Å²) in [5.41, 5.74) is 0. The van der Waals surface area contributed by atoms with E-state index in [1.165, 1.54) is 206 Å². The summed E-state index contributed by atoms with van der Waals surface area (Å²) >= 11 is 0. The standard InChI is InChI=1S/C38H69NO9.2C11H22.C9H16O.2C5H12.C3H6O/c1-3-33(28-45-32-41)29-46-36(42)22-14-7-5-9-16-24-39(26-18-19-27-40)25-17-10-6-8-15-23-37(43)47-30-34(4-2)31-48-38(44)35-20-12-11-13-21-35;2*1-2-3-5-8-11-9-6-4-7-10-11;1-2-10-8-9-6-4-3-5-7-9;2*1-3-5-4-2;1-3(2)4/h32-35,40H,3-31H2,1-2H3;2*11H,2-10H2,1H3;2,9H,1,3-8H2;2*3-5H2,1-2H3;1-2H3. The van der Waals surface area contributed by atoms with Crippen molar-refractivity contribution in [1.29, 1.82) is 0 Å². The van der Waals surface area contributed by atoms with Crippen LogP contribution in [-0.4, -0.2) is 99.4 Å². The first kappa shape index (κ1) is 95.2. The van der Waals surface area contributed by atoms with Gasteiger partial charge in [0.25, 0.3) is 6.47 Å². The highest BCUT2D eigenvalue weighted by Crippen LogP contribution is 2.30. The monoisotopic (exact) mass is 1330 g/mol. The molecule has 0 spiro atoms. The van der Waals surface area contributed by atoms with Crippen LogP contribution in [-0.2, 0) is 47.7 Å². The van der Waals surface area contributed by atoms with E-state index in [1.807, 2.05) is 13.8 Å². The summed E-state index contributed by atoms with van der Waals surface area (Å²) in [6, 6.07) is 0. The Hall–Kier alpha value is -2.99. The molecule has 0 heterocycles. The van der Waals surface area contributed by atoms with Crippen molar-refractivity contribution in [3.63, 3.8) is 0 Å². The van der Waals surface area contributed by atoms with Crippen molar-refractivity contribution in [3.05, 3.63) is 12.8 Å². The summed E-state index contributed by atoms with van der Waals surface area (Å²) in [6.45, 7) is 29.9. The molecule has 12 heteroatoms. The summed E-state index contributed by atoms with van der Waals surface area (Å²) in [4.78, 5) is 58.9. The van der Waals surface area contributed by atoms with Crippen LogP contribution >= 0.6 is 0 Å². The lowest BCUT2D eigenvalue weighted by molar-refractivity contribution is -0.153. The molecule has 0 aromatic heterocycles. The van der Waals surface area contributed by atoms with Gasteiger partial charge in [0, 0.05) is 31.3 Å². The van der Waals surface area contributed by atoms with Crippen molar-refractivity contribution in [1.82, 2.24) is 4.90 Å². The van der Waals surface area contributed by atoms with E-state index in [2.05, 4.69) is 53.0 Å². The van der Waals surface area contributed by atoms with Crippen LogP contribution in [0.15, 0.2) is 12.8 Å². The number of ketones is 1. The van der Waals surface area contributed by atoms with Crippen LogP contribution in [0.4, 0.5) is 0 Å². The van der Waals surface area contributed by atoms with Gasteiger partial charge in [0.15, 0.2) is 0 Å². The van der Waals surface area contributed by atoms with Crippen molar-refractivity contribution < 1.29 is 52.8 Å². The molecule has 4 aliphatic rings. The minimum absolute atomic E-state index is 0.0454. The second kappa shape index (κ2) is 77.4. The molecule has 4 rings (SSSR count). The molecular weight excluding hydrogens is 1170 g/mol. The molecule has 0 aliphatic heterocycles. The second-order valence-electron chi connectivity index (χ2n) is 28.2. The predicted octanol–water partition coefficient (Wildman–Crippen LogP) is 23.2. The molecule has 4 aliphatic carbocycles. The average molecular weight is 1340 g/mol. The van der Waals surface area contributed by atoms with Gasteiger partial charge in [-0.2, -0.15) is 0 Å². The van der Waals surface area contributed by atoms with E-state index in [0.717, 1.165) is 160 Å². The van der Waals surface area contributed by atoms with Crippen molar-refractivity contribution in [3.8, 4) is 0 Å². The molecule has 558 valence electrons. The zero-order valence-corrected chi connectivity index (χ0v) is 64.0. The fourth-order valence-electron chi connectivity index (χ4n) is 12.6. The SMILES string of the molecule is C=COCC1CCCCC1.CC(C)=O.CCC(COC=O)COC(=O)CCCCCCCN(CCCCO)CCCCCCCC(=O)OCC(CC)COC(=O)C1CCCCC1.CCCCC.CCCCC.CCCCCC1CCCCC1.CCCCCC1CCCCC1. The Bertz CT molecular complexity index is 1550. The third kappa shape index (κ3) is 70.3. The number of aliphatic hydroxyl groups is 1. The Morgan fingerprint density at radius 3 is 1.14 bits per heavy atom. The third-order valence-electron chi connectivity index (χ3n) is 19.0. The molecule has 4 fully saturated rings. The van der Waals surface area contributed by atoms with Gasteiger partial charge in [0.2, 0.25) is 0 Å². The average Bonchev–Trinajstić information content (AvgIpc) is 2.61. The fraction of sp³-hybridized carbons (Fsp3) is 0.915. The maximum absolute atomic E-state index is 12.3. The number of unbranched alkanes of at least 4 members (excludes halogenated alkanes) is 17. The van der Waals surface area contributed by atoms with E-state index < -0.39 is 0 Å². The Morgan fingerprint density at radius 1 is 0.426 bits per heavy atom. The van der Waals surface area contributed by atoms with E-state index >= 15 is 0 Å². The molecule has 4 saturated carbocycles. The van der Waals surface area contributed by atoms with E-state index in [-0.39, 0.29) is 54.7 Å². The minimum atomic E-state index is -0.180. The molecule has 0 aromatic carbocycles. The number of Topliss-reactive ketones (excluding diaryl/α,β-unsaturated/α-hetero) is 1. The lowest BCUT2D eigenvalue weighted by atomic mass is 9.86. The first-order valence-corrected chi connectivity index (χ1v) is 40.3. The van der Waals surface area contributed by atoms with Gasteiger partial charge in [-0.3, -0.25) is 19.2 Å². The second-order valence-corrected chi connectivity index (χ2v) is 28.2. The highest BCUT2D eigenvalue weighted by molar-refractivity contribution is 5.72. The van der Waals surface area contributed by atoms with Crippen molar-refractivity contribution >= 4 is 30.2 Å². The van der Waals surface area contributed by atoms with E-state index in [1.54, 1.807) is 6.26 Å². The van der Waals surface area contributed by atoms with E-state index in [4.69, 9.17) is 23.7 Å². The predicted molar refractivity (Wildman–Crippen MR) is 398 cm³/mol. The molecule has 2 atom stereocenters. The number of hydrogen-bond acceptors (Lipinski definition) is 12. The number of ether oxygens (including phenoxy) is 5. The molecule has 0 amide bonds. The Labute approximate surface area is 583 Å². The molecule has 94 heavy (non-hydrogen) atoms.